The molecule has 0 bridgehead atoms. The highest BCUT2D eigenvalue weighted by Crippen LogP contribution is 2.19. The number of hydrogen-bond acceptors (Lipinski definition) is 3. The average Bonchev–Trinajstić information content (AvgIpc) is 2.04. The van der Waals surface area contributed by atoms with Crippen LogP contribution >= 0.6 is 0 Å². The summed E-state index contributed by atoms with van der Waals surface area (Å²) in [5.74, 6) is -0.232. The molecule has 0 aromatic heterocycles. The Hall–Kier alpha value is -0.570. The smallest absolute Gasteiger partial charge is 0.302 e. The summed E-state index contributed by atoms with van der Waals surface area (Å²) in [5, 5.41) is 0. The maximum Gasteiger partial charge on any atom is 0.302 e. The molecule has 0 amide bonds. The first-order chi connectivity index (χ1) is 5.74. The van der Waals surface area contributed by atoms with E-state index in [0.29, 0.717) is 6.42 Å². The predicted molar refractivity (Wildman–Crippen MR) is 44.5 cm³/mol. The first kappa shape index (κ1) is 9.52. The molecule has 0 aliphatic carbocycles. The van der Waals surface area contributed by atoms with Crippen LogP contribution in [0.15, 0.2) is 0 Å². The van der Waals surface area contributed by atoms with E-state index in [9.17, 15) is 4.79 Å². The Bertz CT molecular complexity index is 156. The summed E-state index contributed by atoms with van der Waals surface area (Å²) in [5.41, 5.74) is 0. The fourth-order valence-electron chi connectivity index (χ4n) is 1.43. The third-order valence-electron chi connectivity index (χ3n) is 1.98. The van der Waals surface area contributed by atoms with Crippen LogP contribution < -0.4 is 0 Å². The van der Waals surface area contributed by atoms with Crippen LogP contribution in [0, 0.1) is 6.92 Å². The standard InChI is InChI=1S/C9H15O3/c1-3-8-9(12-7(2)10)5-4-6-11-8/h8-9H,1,3-6H2,2H3. The summed E-state index contributed by atoms with van der Waals surface area (Å²) < 4.78 is 10.5. The van der Waals surface area contributed by atoms with Gasteiger partial charge in [-0.3, -0.25) is 4.79 Å². The number of carbonyl (C=O) groups is 1. The van der Waals surface area contributed by atoms with Crippen molar-refractivity contribution >= 4 is 5.97 Å². The molecule has 1 saturated heterocycles. The van der Waals surface area contributed by atoms with E-state index in [0.717, 1.165) is 19.4 Å². The fraction of sp³-hybridized carbons (Fsp3) is 0.778. The largest absolute Gasteiger partial charge is 0.460 e. The molecule has 0 aromatic rings. The number of esters is 1. The molecule has 0 aromatic carbocycles. The topological polar surface area (TPSA) is 35.5 Å². The molecular formula is C9H15O3. The van der Waals surface area contributed by atoms with Crippen molar-refractivity contribution < 1.29 is 14.3 Å². The van der Waals surface area contributed by atoms with Crippen LogP contribution in [0.2, 0.25) is 0 Å². The number of hydrogen-bond donors (Lipinski definition) is 0. The lowest BCUT2D eigenvalue weighted by Gasteiger charge is -2.30. The van der Waals surface area contributed by atoms with Crippen molar-refractivity contribution in [2.45, 2.75) is 38.4 Å². The van der Waals surface area contributed by atoms with Crippen LogP contribution in [-0.4, -0.2) is 24.8 Å². The second-order valence-corrected chi connectivity index (χ2v) is 2.99. The van der Waals surface area contributed by atoms with Crippen LogP contribution in [0.5, 0.6) is 0 Å². The van der Waals surface area contributed by atoms with Gasteiger partial charge in [-0.25, -0.2) is 0 Å². The third kappa shape index (κ3) is 2.48. The molecular weight excluding hydrogens is 156 g/mol. The Balaban J connectivity index is 2.41. The van der Waals surface area contributed by atoms with E-state index in [-0.39, 0.29) is 18.2 Å². The van der Waals surface area contributed by atoms with E-state index < -0.39 is 0 Å². The molecule has 1 rings (SSSR count). The van der Waals surface area contributed by atoms with Gasteiger partial charge in [0.15, 0.2) is 0 Å². The van der Waals surface area contributed by atoms with Crippen molar-refractivity contribution in [1.29, 1.82) is 0 Å². The van der Waals surface area contributed by atoms with Crippen LogP contribution in [0.4, 0.5) is 0 Å². The first-order valence-corrected chi connectivity index (χ1v) is 4.32. The monoisotopic (exact) mass is 171 g/mol. The normalized spacial score (nSPS) is 29.8. The van der Waals surface area contributed by atoms with Crippen molar-refractivity contribution in [1.82, 2.24) is 0 Å². The first-order valence-electron chi connectivity index (χ1n) is 4.32. The van der Waals surface area contributed by atoms with Gasteiger partial charge >= 0.3 is 5.97 Å². The summed E-state index contributed by atoms with van der Waals surface area (Å²) in [7, 11) is 0. The molecule has 3 heteroatoms. The zero-order valence-electron chi connectivity index (χ0n) is 7.41. The van der Waals surface area contributed by atoms with Crippen LogP contribution in [-0.2, 0) is 14.3 Å². The zero-order chi connectivity index (χ0) is 8.97. The van der Waals surface area contributed by atoms with E-state index in [4.69, 9.17) is 9.47 Å². The van der Waals surface area contributed by atoms with Gasteiger partial charge in [-0.15, -0.1) is 0 Å². The molecule has 0 N–H and O–H groups in total. The van der Waals surface area contributed by atoms with Gasteiger partial charge in [0.05, 0.1) is 6.10 Å². The number of carbonyl (C=O) groups excluding carboxylic acids is 1. The maximum absolute atomic E-state index is 10.7. The Labute approximate surface area is 73.0 Å². The van der Waals surface area contributed by atoms with Gasteiger partial charge in [-0.2, -0.15) is 0 Å². The highest BCUT2D eigenvalue weighted by atomic mass is 16.6. The third-order valence-corrected chi connectivity index (χ3v) is 1.98. The molecule has 0 saturated carbocycles. The molecule has 1 radical (unpaired) electrons. The summed E-state index contributed by atoms with van der Waals surface area (Å²) in [6.07, 6.45) is 2.46. The lowest BCUT2D eigenvalue weighted by molar-refractivity contribution is -0.160. The second kappa shape index (κ2) is 4.45. The Morgan fingerprint density at radius 1 is 1.75 bits per heavy atom. The molecule has 1 aliphatic rings. The minimum atomic E-state index is -0.232. The SMILES string of the molecule is [CH2]CC1OCCCC1OC(C)=O. The summed E-state index contributed by atoms with van der Waals surface area (Å²) >= 11 is 0. The van der Waals surface area contributed by atoms with E-state index in [2.05, 4.69) is 6.92 Å². The van der Waals surface area contributed by atoms with Gasteiger partial charge in [0.2, 0.25) is 0 Å². The van der Waals surface area contributed by atoms with Gasteiger partial charge in [0.1, 0.15) is 6.10 Å². The Kier molecular flexibility index (Phi) is 3.53. The Morgan fingerprint density at radius 3 is 3.08 bits per heavy atom. The van der Waals surface area contributed by atoms with E-state index in [1.165, 1.54) is 6.92 Å². The highest BCUT2D eigenvalue weighted by molar-refractivity contribution is 5.66. The van der Waals surface area contributed by atoms with E-state index >= 15 is 0 Å². The molecule has 69 valence electrons. The molecule has 1 heterocycles. The summed E-state index contributed by atoms with van der Waals surface area (Å²) in [4.78, 5) is 10.7. The maximum atomic E-state index is 10.7. The zero-order valence-corrected chi connectivity index (χ0v) is 7.41. The highest BCUT2D eigenvalue weighted by Gasteiger charge is 2.26. The van der Waals surface area contributed by atoms with Crippen molar-refractivity contribution in [3.63, 3.8) is 0 Å². The van der Waals surface area contributed by atoms with Gasteiger partial charge in [-0.05, 0) is 19.3 Å². The van der Waals surface area contributed by atoms with Crippen molar-refractivity contribution in [2.75, 3.05) is 6.61 Å². The van der Waals surface area contributed by atoms with Crippen molar-refractivity contribution in [3.8, 4) is 0 Å². The van der Waals surface area contributed by atoms with Crippen molar-refractivity contribution in [2.24, 2.45) is 0 Å². The molecule has 3 nitrogen and oxygen atoms in total. The van der Waals surface area contributed by atoms with E-state index in [1.54, 1.807) is 0 Å². The molecule has 12 heavy (non-hydrogen) atoms. The second-order valence-electron chi connectivity index (χ2n) is 2.99. The molecule has 2 unspecified atom stereocenters. The van der Waals surface area contributed by atoms with Gasteiger partial charge in [-0.1, -0.05) is 6.92 Å². The number of ether oxygens (including phenoxy) is 2. The minimum Gasteiger partial charge on any atom is -0.460 e. The van der Waals surface area contributed by atoms with E-state index in [1.807, 2.05) is 0 Å². The van der Waals surface area contributed by atoms with Crippen LogP contribution in [0.1, 0.15) is 26.2 Å². The van der Waals surface area contributed by atoms with Gasteiger partial charge in [0, 0.05) is 13.5 Å². The Morgan fingerprint density at radius 2 is 2.50 bits per heavy atom. The van der Waals surface area contributed by atoms with Crippen molar-refractivity contribution in [3.05, 3.63) is 6.92 Å². The van der Waals surface area contributed by atoms with Crippen LogP contribution in [0.3, 0.4) is 0 Å². The molecule has 2 atom stereocenters. The molecule has 0 spiro atoms. The predicted octanol–water partition coefficient (Wildman–Crippen LogP) is 1.32. The molecule has 1 fully saturated rings. The summed E-state index contributed by atoms with van der Waals surface area (Å²) in [6.45, 7) is 5.94. The lowest BCUT2D eigenvalue weighted by atomic mass is 10.0. The lowest BCUT2D eigenvalue weighted by Crippen LogP contribution is -2.36. The minimum absolute atomic E-state index is 0.00245. The van der Waals surface area contributed by atoms with Crippen LogP contribution in [0.25, 0.3) is 0 Å². The fourth-order valence-corrected chi connectivity index (χ4v) is 1.43. The summed E-state index contributed by atoms with van der Waals surface area (Å²) in [6, 6.07) is 0. The quantitative estimate of drug-likeness (QED) is 0.588. The number of rotatable bonds is 2. The molecule has 1 aliphatic heterocycles. The average molecular weight is 171 g/mol. The van der Waals surface area contributed by atoms with Gasteiger partial charge < -0.3 is 9.47 Å². The van der Waals surface area contributed by atoms with Gasteiger partial charge in [0.25, 0.3) is 0 Å².